The second-order valence-corrected chi connectivity index (χ2v) is 8.28. The number of fused-ring (bicyclic) bond motifs is 1. The molecular formula is C26H24BrNO3. The van der Waals surface area contributed by atoms with Crippen molar-refractivity contribution >= 4 is 39.2 Å². The minimum atomic E-state index is 0.00858. The minimum absolute atomic E-state index is 0.00858. The van der Waals surface area contributed by atoms with E-state index in [2.05, 4.69) is 47.1 Å². The summed E-state index contributed by atoms with van der Waals surface area (Å²) in [6.45, 7) is 5.12. The summed E-state index contributed by atoms with van der Waals surface area (Å²) in [5, 5.41) is 0. The Morgan fingerprint density at radius 1 is 1.03 bits per heavy atom. The molecule has 0 N–H and O–H groups in total. The summed E-state index contributed by atoms with van der Waals surface area (Å²) in [6, 6.07) is 19.9. The largest absolute Gasteiger partial charge is 0.493 e. The highest BCUT2D eigenvalue weighted by atomic mass is 79.9. The maximum Gasteiger partial charge on any atom is 0.258 e. The van der Waals surface area contributed by atoms with Gasteiger partial charge in [-0.05, 0) is 49.2 Å². The van der Waals surface area contributed by atoms with E-state index in [1.807, 2.05) is 49.4 Å². The Kier molecular flexibility index (Phi) is 6.14. The Morgan fingerprint density at radius 3 is 2.48 bits per heavy atom. The van der Waals surface area contributed by atoms with Crippen molar-refractivity contribution in [3.05, 3.63) is 87.4 Å². The highest BCUT2D eigenvalue weighted by molar-refractivity contribution is 9.10. The van der Waals surface area contributed by atoms with Crippen molar-refractivity contribution in [3.63, 3.8) is 0 Å². The number of methoxy groups -OCH3 is 1. The first kappa shape index (κ1) is 21.2. The number of hydrogen-bond donors (Lipinski definition) is 0. The van der Waals surface area contributed by atoms with E-state index in [-0.39, 0.29) is 5.91 Å². The molecule has 5 heteroatoms. The summed E-state index contributed by atoms with van der Waals surface area (Å²) >= 11 is 3.64. The predicted octanol–water partition coefficient (Wildman–Crippen LogP) is 6.25. The molecule has 31 heavy (non-hydrogen) atoms. The fourth-order valence-corrected chi connectivity index (χ4v) is 4.13. The van der Waals surface area contributed by atoms with Crippen LogP contribution < -0.4 is 14.4 Å². The molecule has 0 spiro atoms. The third-order valence-electron chi connectivity index (χ3n) is 5.37. The zero-order chi connectivity index (χ0) is 22.0. The summed E-state index contributed by atoms with van der Waals surface area (Å²) in [4.78, 5) is 14.8. The molecule has 1 amide bonds. The van der Waals surface area contributed by atoms with E-state index in [9.17, 15) is 4.79 Å². The Balaban J connectivity index is 1.65. The van der Waals surface area contributed by atoms with Gasteiger partial charge in [0.15, 0.2) is 11.5 Å². The number of amides is 1. The highest BCUT2D eigenvalue weighted by Gasteiger charge is 2.31. The van der Waals surface area contributed by atoms with Gasteiger partial charge in [-0.25, -0.2) is 0 Å². The summed E-state index contributed by atoms with van der Waals surface area (Å²) in [6.07, 6.45) is 1.91. The number of hydrogen-bond acceptors (Lipinski definition) is 3. The maximum atomic E-state index is 13.0. The van der Waals surface area contributed by atoms with Gasteiger partial charge in [0.05, 0.1) is 12.8 Å². The van der Waals surface area contributed by atoms with E-state index in [1.54, 1.807) is 12.0 Å². The number of anilines is 1. The van der Waals surface area contributed by atoms with Crippen molar-refractivity contribution in [2.75, 3.05) is 18.6 Å². The third kappa shape index (κ3) is 4.23. The van der Waals surface area contributed by atoms with Gasteiger partial charge in [0.25, 0.3) is 5.91 Å². The summed E-state index contributed by atoms with van der Waals surface area (Å²) in [5.74, 6) is 1.27. The van der Waals surface area contributed by atoms with Gasteiger partial charge in [0, 0.05) is 22.2 Å². The van der Waals surface area contributed by atoms with Gasteiger partial charge in [-0.2, -0.15) is 0 Å². The van der Waals surface area contributed by atoms with E-state index < -0.39 is 0 Å². The number of nitrogens with zero attached hydrogens (tertiary/aromatic N) is 1. The van der Waals surface area contributed by atoms with Gasteiger partial charge in [-0.3, -0.25) is 4.79 Å². The molecule has 3 aromatic rings. The lowest BCUT2D eigenvalue weighted by Crippen LogP contribution is -2.25. The molecule has 1 aliphatic rings. The highest BCUT2D eigenvalue weighted by Crippen LogP contribution is 2.40. The number of aryl methyl sites for hydroxylation is 1. The molecule has 0 radical (unpaired) electrons. The van der Waals surface area contributed by atoms with E-state index in [4.69, 9.17) is 9.47 Å². The van der Waals surface area contributed by atoms with E-state index >= 15 is 0 Å². The normalized spacial score (nSPS) is 14.1. The van der Waals surface area contributed by atoms with E-state index in [0.717, 1.165) is 26.9 Å². The van der Waals surface area contributed by atoms with Crippen molar-refractivity contribution in [1.29, 1.82) is 0 Å². The van der Waals surface area contributed by atoms with Crippen LogP contribution in [0.3, 0.4) is 0 Å². The summed E-state index contributed by atoms with van der Waals surface area (Å²) < 4.78 is 12.4. The minimum Gasteiger partial charge on any atom is -0.493 e. The monoisotopic (exact) mass is 477 g/mol. The van der Waals surface area contributed by atoms with Crippen LogP contribution in [-0.2, 0) is 11.4 Å². The van der Waals surface area contributed by atoms with Gasteiger partial charge in [0.1, 0.15) is 6.61 Å². The third-order valence-corrected chi connectivity index (χ3v) is 6.06. The Labute approximate surface area is 191 Å². The average molecular weight is 478 g/mol. The quantitative estimate of drug-likeness (QED) is 0.393. The maximum absolute atomic E-state index is 13.0. The molecular weight excluding hydrogens is 454 g/mol. The first-order chi connectivity index (χ1) is 15.0. The first-order valence-electron chi connectivity index (χ1n) is 10.2. The molecule has 4 nitrogen and oxygen atoms in total. The Hall–Kier alpha value is -3.05. The molecule has 0 aromatic heterocycles. The molecule has 0 fully saturated rings. The molecule has 0 saturated carbocycles. The second kappa shape index (κ2) is 8.98. The van der Waals surface area contributed by atoms with Crippen LogP contribution in [-0.4, -0.2) is 19.6 Å². The molecule has 1 heterocycles. The lowest BCUT2D eigenvalue weighted by molar-refractivity contribution is -0.112. The van der Waals surface area contributed by atoms with Gasteiger partial charge in [-0.15, -0.1) is 0 Å². The van der Waals surface area contributed by atoms with Crippen molar-refractivity contribution in [2.24, 2.45) is 0 Å². The fourth-order valence-electron chi connectivity index (χ4n) is 3.69. The SMILES string of the molecule is CCN1C(=O)/C(=C\c2cc(OC)c(OCc3ccc(C)cc3)cc2Br)c2ccccc21. The number of ether oxygens (including phenoxy) is 2. The lowest BCUT2D eigenvalue weighted by atomic mass is 10.0. The molecule has 158 valence electrons. The Morgan fingerprint density at radius 2 is 1.77 bits per heavy atom. The molecule has 0 atom stereocenters. The predicted molar refractivity (Wildman–Crippen MR) is 129 cm³/mol. The summed E-state index contributed by atoms with van der Waals surface area (Å²) in [7, 11) is 1.62. The molecule has 0 unspecified atom stereocenters. The fraction of sp³-hybridized carbons (Fsp3) is 0.192. The Bertz CT molecular complexity index is 1150. The molecule has 0 saturated heterocycles. The molecule has 3 aromatic carbocycles. The van der Waals surface area contributed by atoms with Crippen LogP contribution in [0, 0.1) is 6.92 Å². The van der Waals surface area contributed by atoms with Gasteiger partial charge in [-0.1, -0.05) is 64.0 Å². The van der Waals surface area contributed by atoms with Crippen LogP contribution in [0.15, 0.2) is 65.1 Å². The number of carbonyl (C=O) groups is 1. The standard InChI is InChI=1S/C26H24BrNO3/c1-4-28-23-8-6-5-7-20(23)21(26(28)29)13-19-14-24(30-3)25(15-22(19)27)31-16-18-11-9-17(2)10-12-18/h5-15H,4,16H2,1-3H3/b21-13-. The number of para-hydroxylation sites is 1. The average Bonchev–Trinajstić information content (AvgIpc) is 3.05. The van der Waals surface area contributed by atoms with Crippen LogP contribution in [0.4, 0.5) is 5.69 Å². The van der Waals surface area contributed by atoms with Crippen LogP contribution >= 0.6 is 15.9 Å². The number of carbonyl (C=O) groups excluding carboxylic acids is 1. The number of halogens is 1. The summed E-state index contributed by atoms with van der Waals surface area (Å²) in [5.41, 5.74) is 5.72. The van der Waals surface area contributed by atoms with Crippen molar-refractivity contribution in [2.45, 2.75) is 20.5 Å². The van der Waals surface area contributed by atoms with Crippen LogP contribution in [0.1, 0.15) is 29.2 Å². The first-order valence-corrected chi connectivity index (χ1v) is 11.0. The molecule has 0 aliphatic carbocycles. The second-order valence-electron chi connectivity index (χ2n) is 7.42. The zero-order valence-corrected chi connectivity index (χ0v) is 19.4. The number of benzene rings is 3. The van der Waals surface area contributed by atoms with E-state index in [1.165, 1.54) is 5.56 Å². The molecule has 4 rings (SSSR count). The number of likely N-dealkylation sites (N-methyl/N-ethyl adjacent to an activating group) is 1. The number of rotatable bonds is 6. The van der Waals surface area contributed by atoms with Crippen molar-refractivity contribution in [1.82, 2.24) is 0 Å². The van der Waals surface area contributed by atoms with Crippen molar-refractivity contribution < 1.29 is 14.3 Å². The molecule has 1 aliphatic heterocycles. The van der Waals surface area contributed by atoms with E-state index in [0.29, 0.717) is 30.2 Å². The van der Waals surface area contributed by atoms with Crippen molar-refractivity contribution in [3.8, 4) is 11.5 Å². The lowest BCUT2D eigenvalue weighted by Gasteiger charge is -2.14. The van der Waals surface area contributed by atoms with Gasteiger partial charge >= 0.3 is 0 Å². The molecule has 0 bridgehead atoms. The topological polar surface area (TPSA) is 38.8 Å². The zero-order valence-electron chi connectivity index (χ0n) is 17.8. The van der Waals surface area contributed by atoms with Gasteiger partial charge < -0.3 is 14.4 Å². The van der Waals surface area contributed by atoms with Crippen LogP contribution in [0.5, 0.6) is 11.5 Å². The van der Waals surface area contributed by atoms with Gasteiger partial charge in [0.2, 0.25) is 0 Å². The smallest absolute Gasteiger partial charge is 0.258 e. The van der Waals surface area contributed by atoms with Crippen LogP contribution in [0.25, 0.3) is 11.6 Å². The van der Waals surface area contributed by atoms with Crippen LogP contribution in [0.2, 0.25) is 0 Å².